The standard InChI is InChI=1S/C7H12N2O2S/c1-8-4-5-6(10-2)9-12-7(5)11-3/h8H,4H2,1-3H3. The third-order valence-corrected chi connectivity index (χ3v) is 2.28. The number of hydrogen-bond acceptors (Lipinski definition) is 5. The van der Waals surface area contributed by atoms with Crippen LogP contribution in [0.1, 0.15) is 5.56 Å². The molecule has 0 saturated carbocycles. The highest BCUT2D eigenvalue weighted by atomic mass is 32.1. The first-order chi connectivity index (χ1) is 5.83. The van der Waals surface area contributed by atoms with Crippen molar-refractivity contribution < 1.29 is 9.47 Å². The van der Waals surface area contributed by atoms with E-state index in [1.54, 1.807) is 14.2 Å². The van der Waals surface area contributed by atoms with Crippen LogP contribution in [-0.2, 0) is 6.54 Å². The molecule has 5 heteroatoms. The van der Waals surface area contributed by atoms with Crippen LogP contribution < -0.4 is 14.8 Å². The Bertz CT molecular complexity index is 228. The second-order valence-corrected chi connectivity index (χ2v) is 2.93. The minimum absolute atomic E-state index is 0.645. The number of nitrogens with zero attached hydrogens (tertiary/aromatic N) is 1. The summed E-state index contributed by atoms with van der Waals surface area (Å²) in [6.07, 6.45) is 0. The zero-order chi connectivity index (χ0) is 8.97. The van der Waals surface area contributed by atoms with Crippen molar-refractivity contribution in [1.82, 2.24) is 9.69 Å². The molecule has 0 aliphatic rings. The van der Waals surface area contributed by atoms with Crippen LogP contribution >= 0.6 is 11.5 Å². The van der Waals surface area contributed by atoms with Crippen LogP contribution in [0, 0.1) is 0 Å². The summed E-state index contributed by atoms with van der Waals surface area (Å²) < 4.78 is 14.3. The number of rotatable bonds is 4. The normalized spacial score (nSPS) is 9.92. The van der Waals surface area contributed by atoms with E-state index in [1.165, 1.54) is 11.5 Å². The molecule has 0 atom stereocenters. The van der Waals surface area contributed by atoms with Crippen LogP contribution in [0.2, 0.25) is 0 Å². The number of hydrogen-bond donors (Lipinski definition) is 1. The molecule has 1 aromatic heterocycles. The molecule has 1 heterocycles. The smallest absolute Gasteiger partial charge is 0.233 e. The fourth-order valence-electron chi connectivity index (χ4n) is 0.926. The van der Waals surface area contributed by atoms with Crippen molar-refractivity contribution in [3.05, 3.63) is 5.56 Å². The highest BCUT2D eigenvalue weighted by Crippen LogP contribution is 2.31. The lowest BCUT2D eigenvalue weighted by molar-refractivity contribution is 0.386. The fourth-order valence-corrected chi connectivity index (χ4v) is 1.62. The van der Waals surface area contributed by atoms with Gasteiger partial charge in [0, 0.05) is 18.1 Å². The molecule has 0 aliphatic heterocycles. The van der Waals surface area contributed by atoms with Crippen LogP contribution in [0.15, 0.2) is 0 Å². The van der Waals surface area contributed by atoms with Gasteiger partial charge in [-0.05, 0) is 7.05 Å². The molecule has 0 aromatic carbocycles. The molecule has 0 saturated heterocycles. The van der Waals surface area contributed by atoms with Crippen molar-refractivity contribution >= 4 is 11.5 Å². The van der Waals surface area contributed by atoms with Gasteiger partial charge in [-0.25, -0.2) is 0 Å². The highest BCUT2D eigenvalue weighted by Gasteiger charge is 2.13. The zero-order valence-corrected chi connectivity index (χ0v) is 8.20. The summed E-state index contributed by atoms with van der Waals surface area (Å²) in [4.78, 5) is 0. The van der Waals surface area contributed by atoms with Crippen LogP contribution in [0.3, 0.4) is 0 Å². The maximum Gasteiger partial charge on any atom is 0.233 e. The lowest BCUT2D eigenvalue weighted by Gasteiger charge is -2.02. The van der Waals surface area contributed by atoms with Gasteiger partial charge in [0.2, 0.25) is 10.9 Å². The molecule has 0 aliphatic carbocycles. The van der Waals surface area contributed by atoms with E-state index >= 15 is 0 Å². The lowest BCUT2D eigenvalue weighted by atomic mass is 10.3. The Morgan fingerprint density at radius 1 is 1.42 bits per heavy atom. The first-order valence-corrected chi connectivity index (χ1v) is 4.32. The maximum atomic E-state index is 5.12. The van der Waals surface area contributed by atoms with E-state index < -0.39 is 0 Å². The molecule has 4 nitrogen and oxygen atoms in total. The second-order valence-electron chi connectivity index (χ2n) is 2.19. The summed E-state index contributed by atoms with van der Waals surface area (Å²) in [7, 11) is 5.11. The second kappa shape index (κ2) is 4.27. The third kappa shape index (κ3) is 1.67. The molecule has 1 N–H and O–H groups in total. The molecule has 0 bridgehead atoms. The Morgan fingerprint density at radius 3 is 2.67 bits per heavy atom. The van der Waals surface area contributed by atoms with Gasteiger partial charge in [0.15, 0.2) is 0 Å². The van der Waals surface area contributed by atoms with Gasteiger partial charge in [-0.1, -0.05) is 0 Å². The van der Waals surface area contributed by atoms with E-state index in [1.807, 2.05) is 7.05 Å². The van der Waals surface area contributed by atoms with Crippen molar-refractivity contribution in [2.45, 2.75) is 6.54 Å². The minimum Gasteiger partial charge on any atom is -0.486 e. The van der Waals surface area contributed by atoms with Crippen LogP contribution in [0.5, 0.6) is 10.9 Å². The van der Waals surface area contributed by atoms with Crippen molar-refractivity contribution in [2.75, 3.05) is 21.3 Å². The molecule has 0 amide bonds. The monoisotopic (exact) mass is 188 g/mol. The van der Waals surface area contributed by atoms with Crippen LogP contribution in [0.25, 0.3) is 0 Å². The van der Waals surface area contributed by atoms with Crippen LogP contribution in [0.4, 0.5) is 0 Å². The van der Waals surface area contributed by atoms with Crippen molar-refractivity contribution in [3.8, 4) is 10.9 Å². The number of nitrogens with one attached hydrogen (secondary N) is 1. The number of methoxy groups -OCH3 is 2. The largest absolute Gasteiger partial charge is 0.486 e. The Balaban J connectivity index is 2.90. The molecular formula is C7H12N2O2S. The minimum atomic E-state index is 0.645. The topological polar surface area (TPSA) is 43.4 Å². The summed E-state index contributed by atoms with van der Waals surface area (Å²) in [6, 6.07) is 0. The van der Waals surface area contributed by atoms with E-state index in [0.717, 1.165) is 10.6 Å². The predicted molar refractivity (Wildman–Crippen MR) is 48.0 cm³/mol. The molecule has 0 fully saturated rings. The summed E-state index contributed by atoms with van der Waals surface area (Å²) in [6.45, 7) is 0.711. The van der Waals surface area contributed by atoms with Gasteiger partial charge in [-0.15, -0.1) is 0 Å². The summed E-state index contributed by atoms with van der Waals surface area (Å²) in [5, 5.41) is 3.83. The van der Waals surface area contributed by atoms with Gasteiger partial charge >= 0.3 is 0 Å². The summed E-state index contributed by atoms with van der Waals surface area (Å²) in [5.74, 6) is 0.645. The van der Waals surface area contributed by atoms with E-state index in [4.69, 9.17) is 9.47 Å². The predicted octanol–water partition coefficient (Wildman–Crippen LogP) is 0.880. The molecule has 12 heavy (non-hydrogen) atoms. The Hall–Kier alpha value is -0.810. The average molecular weight is 188 g/mol. The summed E-state index contributed by atoms with van der Waals surface area (Å²) >= 11 is 1.30. The Labute approximate surface area is 75.7 Å². The molecule has 0 spiro atoms. The lowest BCUT2D eigenvalue weighted by Crippen LogP contribution is -2.06. The van der Waals surface area contributed by atoms with Gasteiger partial charge in [0.05, 0.1) is 19.8 Å². The van der Waals surface area contributed by atoms with Gasteiger partial charge in [0.25, 0.3) is 0 Å². The summed E-state index contributed by atoms with van der Waals surface area (Å²) in [5.41, 5.74) is 0.979. The molecule has 68 valence electrons. The third-order valence-electron chi connectivity index (χ3n) is 1.45. The highest BCUT2D eigenvalue weighted by molar-refractivity contribution is 7.08. The van der Waals surface area contributed by atoms with E-state index in [0.29, 0.717) is 12.4 Å². The van der Waals surface area contributed by atoms with Crippen molar-refractivity contribution in [2.24, 2.45) is 0 Å². The van der Waals surface area contributed by atoms with E-state index in [2.05, 4.69) is 9.69 Å². The van der Waals surface area contributed by atoms with Crippen LogP contribution in [-0.4, -0.2) is 25.6 Å². The molecule has 0 unspecified atom stereocenters. The van der Waals surface area contributed by atoms with Crippen molar-refractivity contribution in [3.63, 3.8) is 0 Å². The molecular weight excluding hydrogens is 176 g/mol. The molecule has 0 radical (unpaired) electrons. The molecule has 1 aromatic rings. The van der Waals surface area contributed by atoms with E-state index in [-0.39, 0.29) is 0 Å². The first kappa shape index (κ1) is 9.28. The quantitative estimate of drug-likeness (QED) is 0.761. The number of ether oxygens (including phenoxy) is 2. The first-order valence-electron chi connectivity index (χ1n) is 3.54. The fraction of sp³-hybridized carbons (Fsp3) is 0.571. The SMILES string of the molecule is CNCc1c(OC)nsc1OC. The Kier molecular flexibility index (Phi) is 3.31. The number of aromatic nitrogens is 1. The maximum absolute atomic E-state index is 5.12. The zero-order valence-electron chi connectivity index (χ0n) is 7.38. The van der Waals surface area contributed by atoms with Crippen molar-refractivity contribution in [1.29, 1.82) is 0 Å². The molecule has 1 rings (SSSR count). The van der Waals surface area contributed by atoms with Gasteiger partial charge in [-0.2, -0.15) is 4.37 Å². The average Bonchev–Trinajstić information content (AvgIpc) is 2.48. The Morgan fingerprint density at radius 2 is 2.17 bits per heavy atom. The van der Waals surface area contributed by atoms with Gasteiger partial charge < -0.3 is 14.8 Å². The van der Waals surface area contributed by atoms with E-state index in [9.17, 15) is 0 Å². The van der Waals surface area contributed by atoms with Gasteiger partial charge in [-0.3, -0.25) is 0 Å². The van der Waals surface area contributed by atoms with Gasteiger partial charge in [0.1, 0.15) is 0 Å².